The van der Waals surface area contributed by atoms with E-state index in [1.165, 1.54) is 9.56 Å². The van der Waals surface area contributed by atoms with Gasteiger partial charge in [0.15, 0.2) is 4.83 Å². The van der Waals surface area contributed by atoms with Crippen LogP contribution in [0.25, 0.3) is 10.2 Å². The van der Waals surface area contributed by atoms with Crippen LogP contribution in [0.15, 0.2) is 35.1 Å². The Bertz CT molecular complexity index is 1130. The van der Waals surface area contributed by atoms with Gasteiger partial charge in [0.1, 0.15) is 6.54 Å². The lowest BCUT2D eigenvalue weighted by atomic mass is 9.72. The van der Waals surface area contributed by atoms with Gasteiger partial charge in [0.25, 0.3) is 5.56 Å². The molecule has 6 nitrogen and oxygen atoms in total. The molecule has 1 atom stereocenters. The molecule has 3 aromatic rings. The van der Waals surface area contributed by atoms with E-state index in [2.05, 4.69) is 31.1 Å². The largest absolute Gasteiger partial charge is 0.340 e. The van der Waals surface area contributed by atoms with E-state index in [1.807, 2.05) is 30.3 Å². The number of rotatable bonds is 4. The summed E-state index contributed by atoms with van der Waals surface area (Å²) < 4.78 is 1.22. The Morgan fingerprint density at radius 3 is 2.70 bits per heavy atom. The minimum atomic E-state index is -0.201. The third-order valence-corrected chi connectivity index (χ3v) is 7.28. The first-order valence-corrected chi connectivity index (χ1v) is 11.2. The fourth-order valence-electron chi connectivity index (χ4n) is 4.16. The first kappa shape index (κ1) is 20.7. The highest BCUT2D eigenvalue weighted by atomic mass is 32.1. The van der Waals surface area contributed by atoms with Crippen molar-refractivity contribution in [2.24, 2.45) is 11.3 Å². The molecule has 0 aliphatic heterocycles. The van der Waals surface area contributed by atoms with Crippen LogP contribution in [0.3, 0.4) is 0 Å². The number of nitrogens with zero attached hydrogens (tertiary/aromatic N) is 4. The number of hydrogen-bond acceptors (Lipinski definition) is 5. The fourth-order valence-corrected chi connectivity index (χ4v) is 5.40. The van der Waals surface area contributed by atoms with Crippen LogP contribution in [0.4, 0.5) is 0 Å². The molecule has 2 aromatic heterocycles. The molecule has 0 fully saturated rings. The third kappa shape index (κ3) is 4.03. The van der Waals surface area contributed by atoms with Crippen molar-refractivity contribution in [3.05, 3.63) is 56.7 Å². The molecular formula is C23H28N4O2S. The van der Waals surface area contributed by atoms with Gasteiger partial charge < -0.3 is 4.90 Å². The van der Waals surface area contributed by atoms with Gasteiger partial charge in [-0.2, -0.15) is 0 Å². The van der Waals surface area contributed by atoms with Crippen LogP contribution in [0.1, 0.15) is 43.2 Å². The third-order valence-electron chi connectivity index (χ3n) is 6.14. The Morgan fingerprint density at radius 2 is 2.00 bits per heavy atom. The Morgan fingerprint density at radius 1 is 1.27 bits per heavy atom. The van der Waals surface area contributed by atoms with E-state index in [-0.39, 0.29) is 23.4 Å². The second kappa shape index (κ2) is 7.95. The number of thiophene rings is 1. The molecule has 1 aliphatic carbocycles. The summed E-state index contributed by atoms with van der Waals surface area (Å²) in [5.74, 6) is 0.438. The average molecular weight is 425 g/mol. The highest BCUT2D eigenvalue weighted by Crippen LogP contribution is 2.41. The summed E-state index contributed by atoms with van der Waals surface area (Å²) >= 11 is 1.59. The molecule has 0 saturated heterocycles. The van der Waals surface area contributed by atoms with Crippen molar-refractivity contribution in [2.45, 2.75) is 53.1 Å². The molecule has 0 unspecified atom stereocenters. The highest BCUT2D eigenvalue weighted by Gasteiger charge is 2.32. The Labute approximate surface area is 180 Å². The topological polar surface area (TPSA) is 68.1 Å². The lowest BCUT2D eigenvalue weighted by Gasteiger charge is -2.33. The van der Waals surface area contributed by atoms with Crippen molar-refractivity contribution in [1.82, 2.24) is 19.9 Å². The molecule has 30 heavy (non-hydrogen) atoms. The SMILES string of the molecule is CN(Cc1ccccc1)C(=O)Cn1nnc2sc3c(c2c1=O)CC[C@H](C(C)(C)C)C3. The van der Waals surface area contributed by atoms with Crippen LogP contribution in [-0.2, 0) is 30.7 Å². The highest BCUT2D eigenvalue weighted by molar-refractivity contribution is 7.18. The van der Waals surface area contributed by atoms with Gasteiger partial charge in [-0.15, -0.1) is 16.4 Å². The predicted octanol–water partition coefficient (Wildman–Crippen LogP) is 3.66. The molecule has 158 valence electrons. The summed E-state index contributed by atoms with van der Waals surface area (Å²) in [7, 11) is 1.74. The number of aryl methyl sites for hydroxylation is 1. The first-order chi connectivity index (χ1) is 14.2. The molecule has 0 saturated carbocycles. The number of carbonyl (C=O) groups excluding carboxylic acids is 1. The van der Waals surface area contributed by atoms with Crippen LogP contribution in [0, 0.1) is 11.3 Å². The van der Waals surface area contributed by atoms with Crippen LogP contribution in [0.5, 0.6) is 0 Å². The molecule has 1 aliphatic rings. The number of carbonyl (C=O) groups is 1. The van der Waals surface area contributed by atoms with Gasteiger partial charge in [-0.05, 0) is 41.7 Å². The molecule has 1 aromatic carbocycles. The lowest BCUT2D eigenvalue weighted by molar-refractivity contribution is -0.131. The fraction of sp³-hybridized carbons (Fsp3) is 0.478. The summed E-state index contributed by atoms with van der Waals surface area (Å²) in [5, 5.41) is 9.02. The number of benzene rings is 1. The van der Waals surface area contributed by atoms with Crippen molar-refractivity contribution >= 4 is 27.5 Å². The van der Waals surface area contributed by atoms with Crippen LogP contribution < -0.4 is 5.56 Å². The molecule has 0 spiro atoms. The maximum Gasteiger partial charge on any atom is 0.279 e. The van der Waals surface area contributed by atoms with Crippen molar-refractivity contribution in [1.29, 1.82) is 0 Å². The predicted molar refractivity (Wildman–Crippen MR) is 120 cm³/mol. The van der Waals surface area contributed by atoms with E-state index in [0.717, 1.165) is 30.4 Å². The van der Waals surface area contributed by atoms with E-state index in [0.29, 0.717) is 22.7 Å². The summed E-state index contributed by atoms with van der Waals surface area (Å²) in [5.41, 5.74) is 2.21. The van der Waals surface area contributed by atoms with E-state index >= 15 is 0 Å². The summed E-state index contributed by atoms with van der Waals surface area (Å²) in [6, 6.07) is 9.79. The minimum absolute atomic E-state index is 0.0969. The number of likely N-dealkylation sites (N-methyl/N-ethyl adjacent to an activating group) is 1. The van der Waals surface area contributed by atoms with E-state index in [4.69, 9.17) is 0 Å². The van der Waals surface area contributed by atoms with E-state index < -0.39 is 0 Å². The molecular weight excluding hydrogens is 396 g/mol. The average Bonchev–Trinajstić information content (AvgIpc) is 3.08. The van der Waals surface area contributed by atoms with Crippen LogP contribution in [-0.4, -0.2) is 32.8 Å². The van der Waals surface area contributed by atoms with Crippen LogP contribution >= 0.6 is 11.3 Å². The van der Waals surface area contributed by atoms with E-state index in [9.17, 15) is 9.59 Å². The minimum Gasteiger partial charge on any atom is -0.340 e. The molecule has 0 bridgehead atoms. The van der Waals surface area contributed by atoms with Gasteiger partial charge in [0.05, 0.1) is 5.39 Å². The number of hydrogen-bond donors (Lipinski definition) is 0. The maximum atomic E-state index is 13.2. The van der Waals surface area contributed by atoms with Gasteiger partial charge >= 0.3 is 0 Å². The Balaban J connectivity index is 1.57. The van der Waals surface area contributed by atoms with Gasteiger partial charge in [-0.1, -0.05) is 56.3 Å². The van der Waals surface area contributed by atoms with Gasteiger partial charge in [-0.3, -0.25) is 9.59 Å². The molecule has 4 rings (SSSR count). The first-order valence-electron chi connectivity index (χ1n) is 10.4. The van der Waals surface area contributed by atoms with Crippen molar-refractivity contribution in [3.63, 3.8) is 0 Å². The standard InChI is InChI=1S/C23H28N4O2S/c1-23(2,3)16-10-11-17-18(12-16)30-21-20(17)22(29)27(25-24-21)14-19(28)26(4)13-15-8-6-5-7-9-15/h5-9,16H,10-14H2,1-4H3/t16-/m0/s1. The summed E-state index contributed by atoms with van der Waals surface area (Å²) in [4.78, 5) is 29.4. The monoisotopic (exact) mass is 424 g/mol. The summed E-state index contributed by atoms with van der Waals surface area (Å²) in [6.45, 7) is 7.23. The number of aromatic nitrogens is 3. The van der Waals surface area contributed by atoms with Crippen molar-refractivity contribution in [2.75, 3.05) is 7.05 Å². The molecule has 0 radical (unpaired) electrons. The molecule has 7 heteroatoms. The van der Waals surface area contributed by atoms with Gasteiger partial charge in [0, 0.05) is 18.5 Å². The maximum absolute atomic E-state index is 13.2. The normalized spacial score (nSPS) is 16.5. The Hall–Kier alpha value is -2.54. The van der Waals surface area contributed by atoms with Gasteiger partial charge in [-0.25, -0.2) is 4.68 Å². The second-order valence-electron chi connectivity index (χ2n) is 9.28. The molecule has 1 amide bonds. The zero-order valence-electron chi connectivity index (χ0n) is 18.0. The summed E-state index contributed by atoms with van der Waals surface area (Å²) in [6.07, 6.45) is 2.95. The van der Waals surface area contributed by atoms with Crippen LogP contribution in [0.2, 0.25) is 0 Å². The van der Waals surface area contributed by atoms with E-state index in [1.54, 1.807) is 23.3 Å². The van der Waals surface area contributed by atoms with Crippen molar-refractivity contribution in [3.8, 4) is 0 Å². The van der Waals surface area contributed by atoms with Crippen molar-refractivity contribution < 1.29 is 4.79 Å². The lowest BCUT2D eigenvalue weighted by Crippen LogP contribution is -2.35. The van der Waals surface area contributed by atoms with Gasteiger partial charge in [0.2, 0.25) is 5.91 Å². The smallest absolute Gasteiger partial charge is 0.279 e. The zero-order valence-corrected chi connectivity index (χ0v) is 18.8. The number of amides is 1. The second-order valence-corrected chi connectivity index (χ2v) is 10.4. The zero-order chi connectivity index (χ0) is 21.5. The molecule has 2 heterocycles. The molecule has 0 N–H and O–H groups in total. The Kier molecular flexibility index (Phi) is 5.49. The quantitative estimate of drug-likeness (QED) is 0.641. The number of fused-ring (bicyclic) bond motifs is 3.